The molecule has 1 aromatic carbocycles. The summed E-state index contributed by atoms with van der Waals surface area (Å²) in [7, 11) is 0. The number of carbonyl (C=O) groups excluding carboxylic acids is 2. The second-order valence-electron chi connectivity index (χ2n) is 4.19. The number of esters is 1. The predicted octanol–water partition coefficient (Wildman–Crippen LogP) is 2.17. The molecule has 20 heavy (non-hydrogen) atoms. The molecule has 0 atom stereocenters. The third kappa shape index (κ3) is 2.71. The van der Waals surface area contributed by atoms with Crippen LogP contribution in [0.15, 0.2) is 41.4 Å². The minimum Gasteiger partial charge on any atom is -0.508 e. The fourth-order valence-electron chi connectivity index (χ4n) is 1.85. The lowest BCUT2D eigenvalue weighted by Crippen LogP contribution is -2.14. The Labute approximate surface area is 116 Å². The van der Waals surface area contributed by atoms with Gasteiger partial charge in [-0.05, 0) is 37.6 Å². The fourth-order valence-corrected chi connectivity index (χ4v) is 1.85. The Hall–Kier alpha value is -2.56. The van der Waals surface area contributed by atoms with Crippen molar-refractivity contribution in [1.29, 1.82) is 0 Å². The van der Waals surface area contributed by atoms with Crippen molar-refractivity contribution in [3.8, 4) is 5.75 Å². The first-order valence-corrected chi connectivity index (χ1v) is 6.14. The number of hydrogen-bond acceptors (Lipinski definition) is 5. The van der Waals surface area contributed by atoms with Gasteiger partial charge < -0.3 is 14.6 Å². The molecule has 1 aliphatic heterocycles. The average molecular weight is 274 g/mol. The van der Waals surface area contributed by atoms with Gasteiger partial charge in [0.15, 0.2) is 5.76 Å². The van der Waals surface area contributed by atoms with Crippen LogP contribution in [-0.4, -0.2) is 23.5 Å². The maximum atomic E-state index is 12.1. The van der Waals surface area contributed by atoms with E-state index in [1.165, 1.54) is 25.1 Å². The van der Waals surface area contributed by atoms with E-state index >= 15 is 0 Å². The molecule has 2 rings (SSSR count). The van der Waals surface area contributed by atoms with Crippen molar-refractivity contribution in [2.45, 2.75) is 13.8 Å². The normalized spacial score (nSPS) is 16.5. The van der Waals surface area contributed by atoms with E-state index in [9.17, 15) is 14.7 Å². The molecule has 0 saturated carbocycles. The Bertz CT molecular complexity index is 625. The molecule has 1 aromatic rings. The van der Waals surface area contributed by atoms with Crippen molar-refractivity contribution < 1.29 is 24.2 Å². The molecule has 1 heterocycles. The molecule has 0 aromatic heterocycles. The minimum absolute atomic E-state index is 0.0381. The lowest BCUT2D eigenvalue weighted by atomic mass is 10.1. The quantitative estimate of drug-likeness (QED) is 0.519. The highest BCUT2D eigenvalue weighted by Crippen LogP contribution is 2.27. The predicted molar refractivity (Wildman–Crippen MR) is 71.5 cm³/mol. The molecule has 0 unspecified atom stereocenters. The third-order valence-corrected chi connectivity index (χ3v) is 2.71. The van der Waals surface area contributed by atoms with Gasteiger partial charge in [-0.15, -0.1) is 0 Å². The Morgan fingerprint density at radius 1 is 1.45 bits per heavy atom. The van der Waals surface area contributed by atoms with Crippen LogP contribution in [0.25, 0.3) is 6.08 Å². The van der Waals surface area contributed by atoms with Gasteiger partial charge in [0.1, 0.15) is 17.1 Å². The Morgan fingerprint density at radius 2 is 2.20 bits per heavy atom. The number of ether oxygens (including phenoxy) is 2. The molecular weight excluding hydrogens is 260 g/mol. The summed E-state index contributed by atoms with van der Waals surface area (Å²) in [6.07, 6.45) is 1.47. The van der Waals surface area contributed by atoms with Crippen LogP contribution in [0.5, 0.6) is 5.75 Å². The van der Waals surface area contributed by atoms with Gasteiger partial charge in [0.25, 0.3) is 0 Å². The van der Waals surface area contributed by atoms with E-state index in [4.69, 9.17) is 9.47 Å². The maximum absolute atomic E-state index is 12.1. The lowest BCUT2D eigenvalue weighted by Gasteiger charge is -2.00. The molecule has 0 radical (unpaired) electrons. The SMILES string of the molecule is CCOC(=O)C1=C(C)O/C(=C/c2cccc(O)c2)C1=O. The molecule has 0 fully saturated rings. The topological polar surface area (TPSA) is 72.8 Å². The van der Waals surface area contributed by atoms with Crippen LogP contribution < -0.4 is 0 Å². The average Bonchev–Trinajstić information content (AvgIpc) is 2.65. The Morgan fingerprint density at radius 3 is 2.85 bits per heavy atom. The molecule has 5 nitrogen and oxygen atoms in total. The second kappa shape index (κ2) is 5.61. The van der Waals surface area contributed by atoms with Gasteiger partial charge in [0.05, 0.1) is 6.61 Å². The van der Waals surface area contributed by atoms with Crippen molar-refractivity contribution in [2.75, 3.05) is 6.61 Å². The van der Waals surface area contributed by atoms with Gasteiger partial charge in [-0.2, -0.15) is 0 Å². The molecular formula is C15H14O5. The second-order valence-corrected chi connectivity index (χ2v) is 4.19. The molecule has 1 aliphatic rings. The summed E-state index contributed by atoms with van der Waals surface area (Å²) in [5.41, 5.74) is 0.518. The number of ketones is 1. The van der Waals surface area contributed by atoms with Gasteiger partial charge in [-0.1, -0.05) is 12.1 Å². The molecule has 0 bridgehead atoms. The standard InChI is InChI=1S/C15H14O5/c1-3-19-15(18)13-9(2)20-12(14(13)17)8-10-5-4-6-11(16)7-10/h4-8,16H,3H2,1-2H3/b12-8+. The fraction of sp³-hybridized carbons (Fsp3) is 0.200. The van der Waals surface area contributed by atoms with Crippen LogP contribution in [-0.2, 0) is 19.1 Å². The molecule has 104 valence electrons. The summed E-state index contributed by atoms with van der Waals surface area (Å²) in [5, 5.41) is 9.38. The summed E-state index contributed by atoms with van der Waals surface area (Å²) in [4.78, 5) is 23.8. The van der Waals surface area contributed by atoms with E-state index in [1.807, 2.05) is 0 Å². The zero-order valence-corrected chi connectivity index (χ0v) is 11.2. The number of carbonyl (C=O) groups is 2. The molecule has 5 heteroatoms. The highest BCUT2D eigenvalue weighted by Gasteiger charge is 2.34. The number of phenols is 1. The van der Waals surface area contributed by atoms with Crippen molar-refractivity contribution in [3.05, 3.63) is 46.9 Å². The third-order valence-electron chi connectivity index (χ3n) is 2.71. The van der Waals surface area contributed by atoms with Gasteiger partial charge in [-0.3, -0.25) is 4.79 Å². The van der Waals surface area contributed by atoms with Gasteiger partial charge in [-0.25, -0.2) is 4.79 Å². The number of Topliss-reactive ketones (excluding diaryl/α,β-unsaturated/α-hetero) is 1. The first kappa shape index (κ1) is 13.9. The summed E-state index contributed by atoms with van der Waals surface area (Å²) in [6, 6.07) is 6.36. The smallest absolute Gasteiger partial charge is 0.345 e. The van der Waals surface area contributed by atoms with Gasteiger partial charge >= 0.3 is 5.97 Å². The number of rotatable bonds is 3. The van der Waals surface area contributed by atoms with Crippen LogP contribution in [0.4, 0.5) is 0 Å². The van der Waals surface area contributed by atoms with Crippen molar-refractivity contribution in [1.82, 2.24) is 0 Å². The molecule has 0 aliphatic carbocycles. The highest BCUT2D eigenvalue weighted by molar-refractivity contribution is 6.26. The number of aromatic hydroxyl groups is 1. The zero-order valence-electron chi connectivity index (χ0n) is 11.2. The van der Waals surface area contributed by atoms with Crippen LogP contribution in [0.3, 0.4) is 0 Å². The summed E-state index contributed by atoms with van der Waals surface area (Å²) < 4.78 is 10.1. The first-order chi connectivity index (χ1) is 9.52. The van der Waals surface area contributed by atoms with Gasteiger partial charge in [0, 0.05) is 0 Å². The molecule has 0 saturated heterocycles. The summed E-state index contributed by atoms with van der Waals surface area (Å²) >= 11 is 0. The van der Waals surface area contributed by atoms with E-state index in [-0.39, 0.29) is 29.4 Å². The molecule has 1 N–H and O–H groups in total. The van der Waals surface area contributed by atoms with Crippen LogP contribution in [0.2, 0.25) is 0 Å². The van der Waals surface area contributed by atoms with Crippen molar-refractivity contribution >= 4 is 17.8 Å². The highest BCUT2D eigenvalue weighted by atomic mass is 16.5. The Kier molecular flexibility index (Phi) is 3.89. The molecule has 0 spiro atoms. The van der Waals surface area contributed by atoms with Crippen molar-refractivity contribution in [3.63, 3.8) is 0 Å². The van der Waals surface area contributed by atoms with E-state index < -0.39 is 11.8 Å². The zero-order chi connectivity index (χ0) is 14.7. The van der Waals surface area contributed by atoms with Crippen molar-refractivity contribution in [2.24, 2.45) is 0 Å². The summed E-state index contributed by atoms with van der Waals surface area (Å²) in [5.74, 6) is -0.852. The summed E-state index contributed by atoms with van der Waals surface area (Å²) in [6.45, 7) is 3.39. The van der Waals surface area contributed by atoms with Crippen LogP contribution in [0, 0.1) is 0 Å². The number of benzene rings is 1. The van der Waals surface area contributed by atoms with E-state index in [0.717, 1.165) is 0 Å². The van der Waals surface area contributed by atoms with Gasteiger partial charge in [0.2, 0.25) is 5.78 Å². The Balaban J connectivity index is 2.27. The van der Waals surface area contributed by atoms with E-state index in [2.05, 4.69) is 0 Å². The van der Waals surface area contributed by atoms with Crippen LogP contribution in [0.1, 0.15) is 19.4 Å². The maximum Gasteiger partial charge on any atom is 0.345 e. The van der Waals surface area contributed by atoms with Crippen LogP contribution >= 0.6 is 0 Å². The first-order valence-electron chi connectivity index (χ1n) is 6.14. The number of phenolic OH excluding ortho intramolecular Hbond substituents is 1. The number of allylic oxidation sites excluding steroid dienone is 2. The van der Waals surface area contributed by atoms with E-state index in [0.29, 0.717) is 5.56 Å². The monoisotopic (exact) mass is 274 g/mol. The molecule has 0 amide bonds. The largest absolute Gasteiger partial charge is 0.508 e. The minimum atomic E-state index is -0.686. The lowest BCUT2D eigenvalue weighted by molar-refractivity contribution is -0.139. The van der Waals surface area contributed by atoms with E-state index in [1.54, 1.807) is 19.1 Å². The number of hydrogen-bond donors (Lipinski definition) is 1.